The highest BCUT2D eigenvalue weighted by Crippen LogP contribution is 2.81. The van der Waals surface area contributed by atoms with Crippen molar-refractivity contribution in [1.82, 2.24) is 21.3 Å². The maximum absolute atomic E-state index is 11.3. The predicted octanol–water partition coefficient (Wildman–Crippen LogP) is 30.5. The SMILES string of the molecule is CC.CC.CC.CC.CC.CC.CC.CC.CC1(C)CC(C)(C)C12CC2.CC1(C)CC(C)(C)C12CCC2.CC1(C)CC(C)(C)C12CCCO2.CC1(C)CC(C)(C)C12CCNC2.CC1(C)CC(C)(C)C12CCNCC2.CC1(C)CC(C)(C)C12CCOC(=O)N2.CC1(C)CC(C)(C)C12CCOC2.CC1(C)CC(C)(C)C12CNC2. The first-order valence-electron chi connectivity index (χ1n) is 48.0. The highest BCUT2D eigenvalue weighted by atomic mass is 16.6. The zero-order valence-electron chi connectivity index (χ0n) is 85.3. The molecule has 0 radical (unpaired) electrons. The molecule has 0 aromatic rings. The molecule has 0 bridgehead atoms. The molecule has 16 rings (SSSR count). The molecule has 16 fully saturated rings. The Morgan fingerprint density at radius 2 is 0.532 bits per heavy atom. The monoisotopic (exact) mass is 1570 g/mol. The first-order valence-corrected chi connectivity index (χ1v) is 48.0. The molecule has 8 nitrogen and oxygen atoms in total. The number of cyclic esters (lactones) is 1. The van der Waals surface area contributed by atoms with E-state index in [0.29, 0.717) is 104 Å². The van der Waals surface area contributed by atoms with Crippen LogP contribution in [-0.2, 0) is 14.2 Å². The lowest BCUT2D eigenvalue weighted by Crippen LogP contribution is -2.76. The average Bonchev–Trinajstić information content (AvgIpc) is 1.65. The van der Waals surface area contributed by atoms with Crippen molar-refractivity contribution in [3.8, 4) is 0 Å². The van der Waals surface area contributed by atoms with Crippen molar-refractivity contribution in [2.75, 3.05) is 65.7 Å². The number of piperidine rings is 1. The fourth-order valence-electron chi connectivity index (χ4n) is 31.6. The maximum atomic E-state index is 11.3. The molecule has 8 spiro atoms. The second-order valence-corrected chi connectivity index (χ2v) is 46.7. The Kier molecular flexibility index (Phi) is 37.0. The van der Waals surface area contributed by atoms with Gasteiger partial charge >= 0.3 is 6.09 Å². The van der Waals surface area contributed by atoms with E-state index in [4.69, 9.17) is 14.2 Å². The normalized spacial score (nSPS) is 30.3. The summed E-state index contributed by atoms with van der Waals surface area (Å²) in [6, 6.07) is 0. The van der Waals surface area contributed by atoms with Gasteiger partial charge in [0.1, 0.15) is 0 Å². The highest BCUT2D eigenvalue weighted by molar-refractivity contribution is 5.70. The largest absolute Gasteiger partial charge is 0.449 e. The number of amides is 1. The molecular weight excluding hydrogens is 1360 g/mol. The molecule has 0 atom stereocenters. The van der Waals surface area contributed by atoms with Gasteiger partial charge in [0, 0.05) is 50.1 Å². The van der Waals surface area contributed by atoms with E-state index in [1.807, 2.05) is 111 Å². The van der Waals surface area contributed by atoms with Crippen molar-refractivity contribution >= 4 is 6.09 Å². The topological polar surface area (TPSA) is 92.9 Å². The summed E-state index contributed by atoms with van der Waals surface area (Å²) in [6.07, 6.45) is 26.9. The molecule has 0 aromatic heterocycles. The number of alkyl carbamates (subject to hydrolysis) is 1. The maximum Gasteiger partial charge on any atom is 0.407 e. The molecule has 10 saturated carbocycles. The Morgan fingerprint density at radius 1 is 0.243 bits per heavy atom. The van der Waals surface area contributed by atoms with Crippen molar-refractivity contribution < 1.29 is 19.0 Å². The predicted molar refractivity (Wildman–Crippen MR) is 494 cm³/mol. The van der Waals surface area contributed by atoms with E-state index < -0.39 is 0 Å². The zero-order valence-corrected chi connectivity index (χ0v) is 85.3. The lowest BCUT2D eigenvalue weighted by Gasteiger charge is -2.72. The zero-order chi connectivity index (χ0) is 87.7. The van der Waals surface area contributed by atoms with Crippen LogP contribution in [0.25, 0.3) is 0 Å². The lowest BCUT2D eigenvalue weighted by atomic mass is 9.32. The van der Waals surface area contributed by atoms with E-state index in [-0.39, 0.29) is 28.1 Å². The first kappa shape index (κ1) is 108. The van der Waals surface area contributed by atoms with Gasteiger partial charge in [-0.2, -0.15) is 0 Å². The van der Waals surface area contributed by atoms with Gasteiger partial charge in [-0.05, 0) is 244 Å². The van der Waals surface area contributed by atoms with E-state index >= 15 is 0 Å². The van der Waals surface area contributed by atoms with Crippen molar-refractivity contribution in [3.05, 3.63) is 0 Å². The van der Waals surface area contributed by atoms with Crippen LogP contribution >= 0.6 is 0 Å². The summed E-state index contributed by atoms with van der Waals surface area (Å²) in [5.74, 6) is 0. The van der Waals surface area contributed by atoms with Gasteiger partial charge in [0.2, 0.25) is 0 Å². The third-order valence-electron chi connectivity index (χ3n) is 35.6. The third kappa shape index (κ3) is 18.3. The van der Waals surface area contributed by atoms with Gasteiger partial charge in [0.05, 0.1) is 24.4 Å². The molecule has 16 aliphatic rings. The molecule has 10 aliphatic carbocycles. The standard InChI is InChI=1S/C12H23N.C11H19NO2.C11H21N.2C11H20O.C11H20.C10H19N.C10H18.8C2H6/c1-10(2)9-11(3,4)12(10)5-7-13-8-6-12;1-9(2)7-10(3,4)11(9)5-6-14-8(13)12-11;2*1-9(2)7-10(3,4)11(9)5-6-12-8-11;1-9(2)8-10(3,4)11(9)6-5-7-12-11;1-9(2)8-10(3,4)11(9)6-5-7-11;1-8(2)5-9(3,4)10(8)6-11-7-10;1-8(2)7-9(3,4)10(8)5-6-10;8*1-2/h13H,5-9H2,1-4H3;5-7H2,1-4H3,(H,12,13);12H,5-8H2,1-4H3;2*5-8H2,1-4H3;5-8H2,1-4H3;11H,5-7H2,1-4H3;5-7H2,1-4H3;8*1-2H3. The molecule has 6 aliphatic heterocycles. The Morgan fingerprint density at radius 3 is 0.676 bits per heavy atom. The number of rotatable bonds is 0. The first-order chi connectivity index (χ1) is 50.7. The van der Waals surface area contributed by atoms with Crippen molar-refractivity contribution in [1.29, 1.82) is 0 Å². The Balaban J connectivity index is 0.000000618. The molecule has 6 saturated heterocycles. The van der Waals surface area contributed by atoms with Crippen LogP contribution in [0.4, 0.5) is 4.79 Å². The van der Waals surface area contributed by atoms with Crippen LogP contribution in [0.3, 0.4) is 0 Å². The van der Waals surface area contributed by atoms with Crippen LogP contribution in [-0.4, -0.2) is 82.9 Å². The highest BCUT2D eigenvalue weighted by Gasteiger charge is 2.73. The number of nitrogens with one attached hydrogen (secondary N) is 4. The quantitative estimate of drug-likeness (QED) is 0.192. The van der Waals surface area contributed by atoms with Gasteiger partial charge in [0.25, 0.3) is 0 Å². The van der Waals surface area contributed by atoms with Crippen molar-refractivity contribution in [3.63, 3.8) is 0 Å². The van der Waals surface area contributed by atoms with Crippen LogP contribution < -0.4 is 21.3 Å². The van der Waals surface area contributed by atoms with Crippen LogP contribution in [0.5, 0.6) is 0 Å². The van der Waals surface area contributed by atoms with Gasteiger partial charge < -0.3 is 35.5 Å². The minimum atomic E-state index is -0.253. The Hall–Kier alpha value is -0.930. The summed E-state index contributed by atoms with van der Waals surface area (Å²) in [5.41, 5.74) is 12.3. The van der Waals surface area contributed by atoms with Crippen LogP contribution in [0.2, 0.25) is 0 Å². The minimum Gasteiger partial charge on any atom is -0.449 e. The summed E-state index contributed by atoms with van der Waals surface area (Å²) >= 11 is 0. The lowest BCUT2D eigenvalue weighted by molar-refractivity contribution is -0.250. The average molecular weight is 1570 g/mol. The summed E-state index contributed by atoms with van der Waals surface area (Å²) < 4.78 is 16.5. The fourth-order valence-corrected chi connectivity index (χ4v) is 31.6. The van der Waals surface area contributed by atoms with E-state index in [0.717, 1.165) is 43.5 Å². The smallest absolute Gasteiger partial charge is 0.407 e. The fraction of sp³-hybridized carbons (Fsp3) is 0.990. The van der Waals surface area contributed by atoms with Gasteiger partial charge in [-0.15, -0.1) is 0 Å². The summed E-state index contributed by atoms with van der Waals surface area (Å²) in [5, 5.41) is 13.5. The third-order valence-corrected chi connectivity index (χ3v) is 35.6. The van der Waals surface area contributed by atoms with Gasteiger partial charge in [0.15, 0.2) is 0 Å². The van der Waals surface area contributed by atoms with Gasteiger partial charge in [-0.25, -0.2) is 4.79 Å². The Bertz CT molecular complexity index is 2470. The molecule has 4 N–H and O–H groups in total. The molecular formula is C103H208N4O4. The second kappa shape index (κ2) is 38.0. The van der Waals surface area contributed by atoms with E-state index in [1.165, 1.54) is 155 Å². The van der Waals surface area contributed by atoms with Crippen LogP contribution in [0.15, 0.2) is 0 Å². The molecule has 0 aromatic carbocycles. The molecule has 1 amide bonds. The molecule has 6 heterocycles. The molecule has 664 valence electrons. The van der Waals surface area contributed by atoms with Gasteiger partial charge in [-0.3, -0.25) is 0 Å². The molecule has 111 heavy (non-hydrogen) atoms. The van der Waals surface area contributed by atoms with E-state index in [1.54, 1.807) is 0 Å². The number of carbonyl (C=O) groups is 1. The van der Waals surface area contributed by atoms with Crippen LogP contribution in [0, 0.1) is 119 Å². The number of hydrogen-bond donors (Lipinski definition) is 4. The van der Waals surface area contributed by atoms with E-state index in [9.17, 15) is 4.79 Å². The minimum absolute atomic E-state index is 0.0602. The number of hydrogen-bond acceptors (Lipinski definition) is 7. The molecule has 0 unspecified atom stereocenters. The van der Waals surface area contributed by atoms with Crippen molar-refractivity contribution in [2.24, 2.45) is 119 Å². The van der Waals surface area contributed by atoms with E-state index in [2.05, 4.69) is 243 Å². The molecule has 8 heteroatoms. The summed E-state index contributed by atoms with van der Waals surface area (Å²) in [4.78, 5) is 11.3. The summed E-state index contributed by atoms with van der Waals surface area (Å²) in [7, 11) is 0. The number of carbonyl (C=O) groups excluding carboxylic acids is 1. The van der Waals surface area contributed by atoms with Crippen LogP contribution in [0.1, 0.15) is 461 Å². The second-order valence-electron chi connectivity index (χ2n) is 46.7. The van der Waals surface area contributed by atoms with Gasteiger partial charge in [-0.1, -0.05) is 339 Å². The number of ether oxygens (including phenoxy) is 3. The van der Waals surface area contributed by atoms with Crippen molar-refractivity contribution in [2.45, 2.75) is 472 Å². The summed E-state index contributed by atoms with van der Waals surface area (Å²) in [6.45, 7) is 120. The Labute approximate surface area is 699 Å².